The first-order valence-electron chi connectivity index (χ1n) is 4.94. The molecule has 0 bridgehead atoms. The van der Waals surface area contributed by atoms with Gasteiger partial charge in [0.25, 0.3) is 0 Å². The first-order chi connectivity index (χ1) is 7.56. The molecule has 0 aliphatic rings. The van der Waals surface area contributed by atoms with Gasteiger partial charge in [0.05, 0.1) is 19.2 Å². The second kappa shape index (κ2) is 5.30. The lowest BCUT2D eigenvalue weighted by molar-refractivity contribution is -0.135. The molecule has 1 N–H and O–H groups in total. The van der Waals surface area contributed by atoms with E-state index in [2.05, 4.69) is 4.98 Å². The van der Waals surface area contributed by atoms with Crippen LogP contribution in [0.4, 0.5) is 0 Å². The van der Waals surface area contributed by atoms with Gasteiger partial charge in [-0.3, -0.25) is 9.78 Å². The third kappa shape index (κ3) is 2.82. The van der Waals surface area contributed by atoms with Crippen molar-refractivity contribution in [2.45, 2.75) is 20.3 Å². The van der Waals surface area contributed by atoms with Gasteiger partial charge in [-0.2, -0.15) is 0 Å². The summed E-state index contributed by atoms with van der Waals surface area (Å²) in [7, 11) is 1.61. The van der Waals surface area contributed by atoms with E-state index in [0.717, 1.165) is 22.6 Å². The molecule has 16 heavy (non-hydrogen) atoms. The van der Waals surface area contributed by atoms with Gasteiger partial charge in [0.1, 0.15) is 5.75 Å². The molecule has 0 spiro atoms. The van der Waals surface area contributed by atoms with Gasteiger partial charge in [-0.1, -0.05) is 6.08 Å². The van der Waals surface area contributed by atoms with Crippen LogP contribution >= 0.6 is 0 Å². The zero-order valence-electron chi connectivity index (χ0n) is 9.65. The normalized spacial score (nSPS) is 10.7. The maximum Gasteiger partial charge on any atom is 0.307 e. The van der Waals surface area contributed by atoms with Gasteiger partial charge in [0.2, 0.25) is 0 Å². The van der Waals surface area contributed by atoms with Crippen molar-refractivity contribution in [1.82, 2.24) is 4.98 Å². The Balaban J connectivity index is 2.98. The minimum absolute atomic E-state index is 0.00267. The monoisotopic (exact) mass is 221 g/mol. The predicted octanol–water partition coefficient (Wildman–Crippen LogP) is 2.19. The van der Waals surface area contributed by atoms with E-state index in [4.69, 9.17) is 9.84 Å². The average Bonchev–Trinajstić information content (AvgIpc) is 2.22. The number of pyridine rings is 1. The molecule has 0 atom stereocenters. The quantitative estimate of drug-likeness (QED) is 0.846. The van der Waals surface area contributed by atoms with Crippen molar-refractivity contribution in [2.75, 3.05) is 7.11 Å². The fraction of sp³-hybridized carbons (Fsp3) is 0.333. The van der Waals surface area contributed by atoms with Crippen LogP contribution in [0.5, 0.6) is 5.75 Å². The van der Waals surface area contributed by atoms with Crippen molar-refractivity contribution >= 4 is 12.0 Å². The summed E-state index contributed by atoms with van der Waals surface area (Å²) in [6.07, 6.45) is 4.99. The largest absolute Gasteiger partial charge is 0.496 e. The molecule has 86 valence electrons. The van der Waals surface area contributed by atoms with E-state index in [1.54, 1.807) is 25.5 Å². The van der Waals surface area contributed by atoms with E-state index < -0.39 is 5.97 Å². The molecule has 0 aliphatic heterocycles. The van der Waals surface area contributed by atoms with Crippen molar-refractivity contribution in [2.24, 2.45) is 0 Å². The molecule has 0 radical (unpaired) electrons. The predicted molar refractivity (Wildman–Crippen MR) is 61.5 cm³/mol. The highest BCUT2D eigenvalue weighted by Gasteiger charge is 2.06. The van der Waals surface area contributed by atoms with Crippen LogP contribution in [0.2, 0.25) is 0 Å². The fourth-order valence-electron chi connectivity index (χ4n) is 1.49. The van der Waals surface area contributed by atoms with Crippen LogP contribution in [0.25, 0.3) is 6.08 Å². The van der Waals surface area contributed by atoms with E-state index in [9.17, 15) is 4.79 Å². The number of ether oxygens (including phenoxy) is 1. The average molecular weight is 221 g/mol. The zero-order chi connectivity index (χ0) is 12.1. The molecule has 0 saturated heterocycles. The summed E-state index contributed by atoms with van der Waals surface area (Å²) in [6, 6.07) is 0. The minimum Gasteiger partial charge on any atom is -0.496 e. The number of rotatable bonds is 4. The Morgan fingerprint density at radius 2 is 2.25 bits per heavy atom. The molecule has 1 rings (SSSR count). The van der Waals surface area contributed by atoms with Gasteiger partial charge in [-0.05, 0) is 19.9 Å². The molecular weight excluding hydrogens is 206 g/mol. The van der Waals surface area contributed by atoms with Gasteiger partial charge in [0.15, 0.2) is 0 Å². The topological polar surface area (TPSA) is 59.4 Å². The van der Waals surface area contributed by atoms with Crippen molar-refractivity contribution < 1.29 is 14.6 Å². The second-order valence-corrected chi connectivity index (χ2v) is 3.48. The van der Waals surface area contributed by atoms with Crippen LogP contribution in [0.15, 0.2) is 12.3 Å². The van der Waals surface area contributed by atoms with Crippen molar-refractivity contribution in [1.29, 1.82) is 0 Å². The van der Waals surface area contributed by atoms with Gasteiger partial charge in [-0.15, -0.1) is 0 Å². The molecule has 0 unspecified atom stereocenters. The molecule has 0 fully saturated rings. The van der Waals surface area contributed by atoms with Crippen LogP contribution in [0.3, 0.4) is 0 Å². The number of carbonyl (C=O) groups is 1. The Kier molecular flexibility index (Phi) is 4.05. The molecule has 0 aliphatic carbocycles. The third-order valence-corrected chi connectivity index (χ3v) is 2.25. The molecule has 0 aromatic carbocycles. The maximum absolute atomic E-state index is 10.4. The lowest BCUT2D eigenvalue weighted by atomic mass is 10.1. The molecule has 0 saturated carbocycles. The first-order valence-corrected chi connectivity index (χ1v) is 4.94. The van der Waals surface area contributed by atoms with Gasteiger partial charge in [0, 0.05) is 17.3 Å². The Morgan fingerprint density at radius 3 is 2.81 bits per heavy atom. The molecule has 4 nitrogen and oxygen atoms in total. The van der Waals surface area contributed by atoms with Gasteiger partial charge in [-0.25, -0.2) is 0 Å². The lowest BCUT2D eigenvalue weighted by Crippen LogP contribution is -1.96. The lowest BCUT2D eigenvalue weighted by Gasteiger charge is -2.09. The number of hydrogen-bond donors (Lipinski definition) is 1. The summed E-state index contributed by atoms with van der Waals surface area (Å²) in [5, 5.41) is 8.51. The molecule has 4 heteroatoms. The minimum atomic E-state index is -0.854. The summed E-state index contributed by atoms with van der Waals surface area (Å²) in [5.41, 5.74) is 2.63. The van der Waals surface area contributed by atoms with Gasteiger partial charge < -0.3 is 9.84 Å². The van der Waals surface area contributed by atoms with Crippen LogP contribution in [0.1, 0.15) is 23.2 Å². The Bertz CT molecular complexity index is 425. The SMILES string of the molecule is COc1c(C)cnc(C=CCC(=O)O)c1C. The number of carboxylic acids is 1. The highest BCUT2D eigenvalue weighted by Crippen LogP contribution is 2.24. The number of nitrogens with zero attached hydrogens (tertiary/aromatic N) is 1. The Hall–Kier alpha value is -1.84. The number of hydrogen-bond acceptors (Lipinski definition) is 3. The molecule has 0 amide bonds. The van der Waals surface area contributed by atoms with Crippen molar-refractivity contribution in [3.63, 3.8) is 0 Å². The van der Waals surface area contributed by atoms with Crippen LogP contribution in [-0.2, 0) is 4.79 Å². The first kappa shape index (κ1) is 12.2. The number of aliphatic carboxylic acids is 1. The van der Waals surface area contributed by atoms with E-state index >= 15 is 0 Å². The highest BCUT2D eigenvalue weighted by molar-refractivity contribution is 5.70. The van der Waals surface area contributed by atoms with Crippen LogP contribution in [0, 0.1) is 13.8 Å². The van der Waals surface area contributed by atoms with E-state index in [-0.39, 0.29) is 6.42 Å². The number of carboxylic acid groups (broad SMARTS) is 1. The molecular formula is C12H15NO3. The summed E-state index contributed by atoms with van der Waals surface area (Å²) in [5.74, 6) is -0.0574. The van der Waals surface area contributed by atoms with E-state index in [1.807, 2.05) is 13.8 Å². The van der Waals surface area contributed by atoms with Gasteiger partial charge >= 0.3 is 5.97 Å². The summed E-state index contributed by atoms with van der Waals surface area (Å²) in [4.78, 5) is 14.6. The van der Waals surface area contributed by atoms with Crippen LogP contribution < -0.4 is 4.74 Å². The molecule has 1 heterocycles. The standard InChI is InChI=1S/C12H15NO3/c1-8-7-13-10(5-4-6-11(14)15)9(2)12(8)16-3/h4-5,7H,6H2,1-3H3,(H,14,15). The van der Waals surface area contributed by atoms with E-state index in [0.29, 0.717) is 0 Å². The fourth-order valence-corrected chi connectivity index (χ4v) is 1.49. The van der Waals surface area contributed by atoms with E-state index in [1.165, 1.54) is 0 Å². The maximum atomic E-state index is 10.4. The van der Waals surface area contributed by atoms with Crippen LogP contribution in [-0.4, -0.2) is 23.2 Å². The smallest absolute Gasteiger partial charge is 0.307 e. The number of aromatic nitrogens is 1. The number of methoxy groups -OCH3 is 1. The summed E-state index contributed by atoms with van der Waals surface area (Å²) >= 11 is 0. The zero-order valence-corrected chi connectivity index (χ0v) is 9.65. The van der Waals surface area contributed by atoms with Crippen molar-refractivity contribution in [3.05, 3.63) is 29.1 Å². The Labute approximate surface area is 94.6 Å². The Morgan fingerprint density at radius 1 is 1.56 bits per heavy atom. The third-order valence-electron chi connectivity index (χ3n) is 2.25. The van der Waals surface area contributed by atoms with Crippen molar-refractivity contribution in [3.8, 4) is 5.75 Å². The molecule has 1 aromatic heterocycles. The second-order valence-electron chi connectivity index (χ2n) is 3.48. The molecule has 1 aromatic rings. The summed E-state index contributed by atoms with van der Waals surface area (Å²) in [6.45, 7) is 3.82. The number of aryl methyl sites for hydroxylation is 1. The summed E-state index contributed by atoms with van der Waals surface area (Å²) < 4.78 is 5.25. The highest BCUT2D eigenvalue weighted by atomic mass is 16.5.